The predicted molar refractivity (Wildman–Crippen MR) is 121 cm³/mol. The van der Waals surface area contributed by atoms with Gasteiger partial charge in [-0.05, 0) is 37.1 Å². The van der Waals surface area contributed by atoms with Gasteiger partial charge in [-0.1, -0.05) is 0 Å². The van der Waals surface area contributed by atoms with E-state index in [4.69, 9.17) is 0 Å². The van der Waals surface area contributed by atoms with Crippen LogP contribution in [0.3, 0.4) is 0 Å². The summed E-state index contributed by atoms with van der Waals surface area (Å²) >= 11 is 4.93. The van der Waals surface area contributed by atoms with Crippen molar-refractivity contribution in [3.8, 4) is 0 Å². The van der Waals surface area contributed by atoms with Crippen molar-refractivity contribution >= 4 is 56.0 Å². The zero-order chi connectivity index (χ0) is 23.6. The van der Waals surface area contributed by atoms with Crippen LogP contribution in [0.4, 0.5) is 26.3 Å². The summed E-state index contributed by atoms with van der Waals surface area (Å²) in [4.78, 5) is 9.41. The van der Waals surface area contributed by atoms with Gasteiger partial charge in [0.25, 0.3) is 0 Å². The van der Waals surface area contributed by atoms with Gasteiger partial charge in [0.15, 0.2) is 0 Å². The molecule has 33 heavy (non-hydrogen) atoms. The normalized spacial score (nSPS) is 33.1. The number of hydrogen-bond donors (Lipinski definition) is 0. The number of alkyl halides is 6. The lowest BCUT2D eigenvalue weighted by Gasteiger charge is -2.47. The summed E-state index contributed by atoms with van der Waals surface area (Å²) < 4.78 is 87.6. The Labute approximate surface area is 200 Å². The van der Waals surface area contributed by atoms with Crippen LogP contribution >= 0.6 is 46.2 Å². The molecule has 2 aliphatic carbocycles. The van der Waals surface area contributed by atoms with Crippen LogP contribution in [-0.2, 0) is 0 Å². The second kappa shape index (κ2) is 6.38. The highest BCUT2D eigenvalue weighted by molar-refractivity contribution is 8.14. The third-order valence-electron chi connectivity index (χ3n) is 6.61. The highest BCUT2D eigenvalue weighted by atomic mass is 32.2. The van der Waals surface area contributed by atoms with Crippen molar-refractivity contribution in [1.29, 1.82) is 0 Å². The maximum atomic E-state index is 15.2. The Morgan fingerprint density at radius 1 is 0.667 bits per heavy atom. The van der Waals surface area contributed by atoms with Crippen LogP contribution < -0.4 is 0 Å². The molecule has 1 fully saturated rings. The minimum Gasteiger partial charge on any atom is -0.244 e. The van der Waals surface area contributed by atoms with Crippen molar-refractivity contribution in [2.45, 2.75) is 41.1 Å². The lowest BCUT2D eigenvalue weighted by molar-refractivity contribution is -0.258. The summed E-state index contributed by atoms with van der Waals surface area (Å²) in [5.41, 5.74) is -2.91. The first-order valence-electron chi connectivity index (χ1n) is 9.62. The average molecular weight is 535 g/mol. The molecule has 1 saturated carbocycles. The molecule has 4 aliphatic rings. The Bertz CT molecular complexity index is 1220. The van der Waals surface area contributed by atoms with E-state index in [1.165, 1.54) is 58.3 Å². The highest BCUT2D eigenvalue weighted by Crippen LogP contribution is 2.75. The molecule has 0 aromatic carbocycles. The SMILES string of the molecule is CC12SC(c3nccs3)=CC1=C1C(=C3C=C(c4nccs4)SC32C)C(F)(F)C(F)(F)C1(F)F. The number of nitrogens with zero attached hydrogens (tertiary/aromatic N) is 2. The van der Waals surface area contributed by atoms with Gasteiger partial charge in [-0.2, -0.15) is 26.3 Å². The molecule has 6 rings (SSSR count). The van der Waals surface area contributed by atoms with Crippen LogP contribution in [0, 0.1) is 0 Å². The number of rotatable bonds is 2. The van der Waals surface area contributed by atoms with Crippen LogP contribution in [0.1, 0.15) is 23.9 Å². The maximum Gasteiger partial charge on any atom is 0.380 e. The maximum absolute atomic E-state index is 15.2. The molecule has 2 aromatic heterocycles. The summed E-state index contributed by atoms with van der Waals surface area (Å²) in [7, 11) is 0. The first kappa shape index (κ1) is 22.0. The second-order valence-electron chi connectivity index (χ2n) is 8.26. The molecule has 2 unspecified atom stereocenters. The number of aromatic nitrogens is 2. The van der Waals surface area contributed by atoms with E-state index in [2.05, 4.69) is 9.97 Å². The van der Waals surface area contributed by atoms with Crippen molar-refractivity contribution in [3.05, 3.63) is 67.6 Å². The molecule has 12 heteroatoms. The average Bonchev–Trinajstić information content (AvgIpc) is 3.52. The molecule has 0 saturated heterocycles. The van der Waals surface area contributed by atoms with Gasteiger partial charge in [0.05, 0.1) is 9.49 Å². The molecule has 4 heterocycles. The topological polar surface area (TPSA) is 25.8 Å². The van der Waals surface area contributed by atoms with Gasteiger partial charge < -0.3 is 0 Å². The fourth-order valence-corrected chi connectivity index (χ4v) is 9.36. The van der Waals surface area contributed by atoms with E-state index in [9.17, 15) is 8.78 Å². The third kappa shape index (κ3) is 2.40. The van der Waals surface area contributed by atoms with Crippen molar-refractivity contribution in [2.24, 2.45) is 0 Å². The Balaban J connectivity index is 1.70. The number of thiazole rings is 2. The zero-order valence-electron chi connectivity index (χ0n) is 16.8. The first-order chi connectivity index (χ1) is 15.4. The molecule has 2 atom stereocenters. The number of allylic oxidation sites excluding steroid dienone is 4. The van der Waals surface area contributed by atoms with Crippen molar-refractivity contribution in [2.75, 3.05) is 0 Å². The third-order valence-corrected chi connectivity index (χ3v) is 11.7. The van der Waals surface area contributed by atoms with Crippen LogP contribution in [0.15, 0.2) is 57.6 Å². The monoisotopic (exact) mass is 534 g/mol. The van der Waals surface area contributed by atoms with Crippen molar-refractivity contribution < 1.29 is 26.3 Å². The quantitative estimate of drug-likeness (QED) is 0.372. The van der Waals surface area contributed by atoms with Crippen LogP contribution in [0.5, 0.6) is 0 Å². The lowest BCUT2D eigenvalue weighted by Crippen LogP contribution is -2.48. The van der Waals surface area contributed by atoms with Gasteiger partial charge >= 0.3 is 17.8 Å². The van der Waals surface area contributed by atoms with E-state index in [0.717, 1.165) is 0 Å². The molecule has 0 N–H and O–H groups in total. The first-order valence-corrected chi connectivity index (χ1v) is 13.0. The van der Waals surface area contributed by atoms with Gasteiger partial charge in [0, 0.05) is 44.1 Å². The fraction of sp³-hybridized carbons (Fsp3) is 0.333. The number of fused-ring (bicyclic) bond motifs is 4. The molecule has 2 aliphatic heterocycles. The minimum atomic E-state index is -5.55. The largest absolute Gasteiger partial charge is 0.380 e. The second-order valence-corrected chi connectivity index (χ2v) is 13.0. The summed E-state index contributed by atoms with van der Waals surface area (Å²) in [5.74, 6) is -15.6. The summed E-state index contributed by atoms with van der Waals surface area (Å²) in [6.45, 7) is 3.31. The summed E-state index contributed by atoms with van der Waals surface area (Å²) in [6.07, 6.45) is 5.76. The Morgan fingerprint density at radius 2 is 1.06 bits per heavy atom. The lowest BCUT2D eigenvalue weighted by atomic mass is 9.71. The van der Waals surface area contributed by atoms with E-state index < -0.39 is 38.4 Å². The Kier molecular flexibility index (Phi) is 4.25. The van der Waals surface area contributed by atoms with Crippen molar-refractivity contribution in [3.63, 3.8) is 0 Å². The van der Waals surface area contributed by atoms with Gasteiger partial charge in [-0.3, -0.25) is 0 Å². The summed E-state index contributed by atoms with van der Waals surface area (Å²) in [5, 5.41) is 4.45. The molecular formula is C21H12F6N2S4. The van der Waals surface area contributed by atoms with Crippen molar-refractivity contribution in [1.82, 2.24) is 9.97 Å². The van der Waals surface area contributed by atoms with Gasteiger partial charge in [-0.25, -0.2) is 9.97 Å². The van der Waals surface area contributed by atoms with Crippen LogP contribution in [-0.4, -0.2) is 37.2 Å². The zero-order valence-corrected chi connectivity index (χ0v) is 20.0. The summed E-state index contributed by atoms with van der Waals surface area (Å²) in [6, 6.07) is 0. The number of hydrogen-bond acceptors (Lipinski definition) is 6. The molecule has 2 nitrogen and oxygen atoms in total. The molecule has 0 bridgehead atoms. The molecule has 172 valence electrons. The minimum absolute atomic E-state index is 0.193. The number of halogens is 6. The highest BCUT2D eigenvalue weighted by Gasteiger charge is 2.84. The number of thioether (sulfide) groups is 2. The Morgan fingerprint density at radius 3 is 1.39 bits per heavy atom. The van der Waals surface area contributed by atoms with E-state index >= 15 is 17.6 Å². The molecule has 0 radical (unpaired) electrons. The molecule has 2 aromatic rings. The van der Waals surface area contributed by atoms with E-state index in [0.29, 0.717) is 19.8 Å². The Hall–Kier alpha value is -1.50. The fourth-order valence-electron chi connectivity index (χ4n) is 4.81. The van der Waals surface area contributed by atoms with E-state index in [-0.39, 0.29) is 11.1 Å². The van der Waals surface area contributed by atoms with Crippen LogP contribution in [0.2, 0.25) is 0 Å². The standard InChI is InChI=1S/C21H12F6N2S4/c1-17-9(7-11(32-17)15-28-3-5-30-15)13-14(20(24,25)21(26,27)19(13,22)23)10-8-12(33-18(10,17)2)16-29-4-6-31-16/h3-8H,1-2H3. The van der Waals surface area contributed by atoms with E-state index in [1.54, 1.807) is 37.0 Å². The smallest absolute Gasteiger partial charge is 0.244 e. The molecule has 0 amide bonds. The van der Waals surface area contributed by atoms with Crippen LogP contribution in [0.25, 0.3) is 9.81 Å². The van der Waals surface area contributed by atoms with Gasteiger partial charge in [-0.15, -0.1) is 46.2 Å². The van der Waals surface area contributed by atoms with Gasteiger partial charge in [0.1, 0.15) is 10.0 Å². The molecular weight excluding hydrogens is 523 g/mol. The van der Waals surface area contributed by atoms with Gasteiger partial charge in [0.2, 0.25) is 0 Å². The molecule has 0 spiro atoms. The predicted octanol–water partition coefficient (Wildman–Crippen LogP) is 7.52. The van der Waals surface area contributed by atoms with E-state index in [1.807, 2.05) is 0 Å².